The van der Waals surface area contributed by atoms with Crippen molar-refractivity contribution in [1.82, 2.24) is 15.5 Å². The van der Waals surface area contributed by atoms with Gasteiger partial charge in [-0.15, -0.1) is 0 Å². The van der Waals surface area contributed by atoms with Crippen LogP contribution in [0.2, 0.25) is 0 Å². The third-order valence-corrected chi connectivity index (χ3v) is 4.52. The summed E-state index contributed by atoms with van der Waals surface area (Å²) in [5, 5.41) is 5.82. The van der Waals surface area contributed by atoms with Gasteiger partial charge in [0.15, 0.2) is 11.5 Å². The maximum absolute atomic E-state index is 12.0. The maximum atomic E-state index is 12.0. The molecule has 2 amide bonds. The van der Waals surface area contributed by atoms with Gasteiger partial charge in [0, 0.05) is 32.2 Å². The van der Waals surface area contributed by atoms with Crippen LogP contribution in [-0.2, 0) is 11.3 Å². The molecule has 2 aliphatic rings. The van der Waals surface area contributed by atoms with E-state index in [0.717, 1.165) is 30.2 Å². The van der Waals surface area contributed by atoms with Gasteiger partial charge in [0.1, 0.15) is 0 Å². The van der Waals surface area contributed by atoms with Crippen LogP contribution < -0.4 is 20.1 Å². The van der Waals surface area contributed by atoms with Crippen LogP contribution in [0.25, 0.3) is 0 Å². The first-order valence-corrected chi connectivity index (χ1v) is 8.81. The number of carbonyl (C=O) groups is 1. The van der Waals surface area contributed by atoms with Gasteiger partial charge in [0.05, 0.1) is 12.2 Å². The molecule has 1 saturated heterocycles. The Morgan fingerprint density at radius 3 is 2.68 bits per heavy atom. The first kappa shape index (κ1) is 17.8. The van der Waals surface area contributed by atoms with Gasteiger partial charge in [0.25, 0.3) is 0 Å². The van der Waals surface area contributed by atoms with Gasteiger partial charge in [0.2, 0.25) is 6.79 Å². The number of urea groups is 1. The van der Waals surface area contributed by atoms with Crippen molar-refractivity contribution in [2.24, 2.45) is 0 Å². The van der Waals surface area contributed by atoms with Gasteiger partial charge in [-0.1, -0.05) is 6.07 Å². The predicted octanol–water partition coefficient (Wildman–Crippen LogP) is 1.71. The van der Waals surface area contributed by atoms with Crippen LogP contribution in [0.15, 0.2) is 18.2 Å². The molecule has 0 aromatic heterocycles. The van der Waals surface area contributed by atoms with Gasteiger partial charge in [-0.25, -0.2) is 4.79 Å². The van der Waals surface area contributed by atoms with E-state index >= 15 is 0 Å². The molecule has 2 N–H and O–H groups in total. The van der Waals surface area contributed by atoms with Crippen molar-refractivity contribution < 1.29 is 19.0 Å². The summed E-state index contributed by atoms with van der Waals surface area (Å²) in [6.07, 6.45) is 0.456. The number of rotatable bonds is 5. The molecule has 7 nitrogen and oxygen atoms in total. The third kappa shape index (κ3) is 4.76. The largest absolute Gasteiger partial charge is 0.454 e. The van der Waals surface area contributed by atoms with Crippen LogP contribution >= 0.6 is 0 Å². The fraction of sp³-hybridized carbons (Fsp3) is 0.611. The summed E-state index contributed by atoms with van der Waals surface area (Å²) in [5.41, 5.74) is 0.975. The second-order valence-corrected chi connectivity index (χ2v) is 6.81. The van der Waals surface area contributed by atoms with Gasteiger partial charge in [-0.2, -0.15) is 0 Å². The van der Waals surface area contributed by atoms with Crippen molar-refractivity contribution in [2.75, 3.05) is 26.4 Å². The van der Waals surface area contributed by atoms with Gasteiger partial charge in [-0.3, -0.25) is 4.90 Å². The molecule has 2 heterocycles. The van der Waals surface area contributed by atoms with E-state index < -0.39 is 0 Å². The van der Waals surface area contributed by atoms with E-state index in [-0.39, 0.29) is 31.1 Å². The van der Waals surface area contributed by atoms with E-state index in [4.69, 9.17) is 14.2 Å². The molecule has 25 heavy (non-hydrogen) atoms. The second kappa shape index (κ2) is 7.93. The normalized spacial score (nSPS) is 24.0. The number of ether oxygens (including phenoxy) is 3. The first-order chi connectivity index (χ1) is 12.0. The Bertz CT molecular complexity index is 600. The SMILES string of the molecule is CC1CN(C(C)CNC(=O)NCc2ccc3c(c2)OCO3)CC(C)O1. The fourth-order valence-corrected chi connectivity index (χ4v) is 3.24. The molecular weight excluding hydrogens is 322 g/mol. The lowest BCUT2D eigenvalue weighted by Crippen LogP contribution is -2.52. The Labute approximate surface area is 148 Å². The predicted molar refractivity (Wildman–Crippen MR) is 93.8 cm³/mol. The van der Waals surface area contributed by atoms with Crippen molar-refractivity contribution in [1.29, 1.82) is 0 Å². The number of benzene rings is 1. The van der Waals surface area contributed by atoms with Crippen molar-refractivity contribution in [3.8, 4) is 11.5 Å². The zero-order valence-electron chi connectivity index (χ0n) is 15.1. The number of carbonyl (C=O) groups excluding carboxylic acids is 1. The smallest absolute Gasteiger partial charge is 0.315 e. The second-order valence-electron chi connectivity index (χ2n) is 6.81. The minimum Gasteiger partial charge on any atom is -0.454 e. The zero-order chi connectivity index (χ0) is 17.8. The molecule has 0 spiro atoms. The number of fused-ring (bicyclic) bond motifs is 1. The van der Waals surface area contributed by atoms with E-state index in [1.165, 1.54) is 0 Å². The molecular formula is C18H27N3O4. The summed E-state index contributed by atoms with van der Waals surface area (Å²) in [7, 11) is 0. The lowest BCUT2D eigenvalue weighted by atomic mass is 10.2. The average Bonchev–Trinajstić information content (AvgIpc) is 3.04. The number of hydrogen-bond donors (Lipinski definition) is 2. The summed E-state index contributed by atoms with van der Waals surface area (Å²) in [6, 6.07) is 5.78. The number of hydrogen-bond acceptors (Lipinski definition) is 5. The van der Waals surface area contributed by atoms with Gasteiger partial charge >= 0.3 is 6.03 Å². The third-order valence-electron chi connectivity index (χ3n) is 4.52. The van der Waals surface area contributed by atoms with Crippen LogP contribution in [0.1, 0.15) is 26.3 Å². The van der Waals surface area contributed by atoms with E-state index in [1.54, 1.807) is 0 Å². The van der Waals surface area contributed by atoms with Crippen molar-refractivity contribution >= 4 is 6.03 Å². The topological polar surface area (TPSA) is 72.1 Å². The van der Waals surface area contributed by atoms with E-state index in [0.29, 0.717) is 13.1 Å². The van der Waals surface area contributed by atoms with E-state index in [9.17, 15) is 4.79 Å². The standard InChI is InChI=1S/C18H27N3O4/c1-12(21-9-13(2)25-14(3)10-21)7-19-18(22)20-8-15-4-5-16-17(6-15)24-11-23-16/h4-6,12-14H,7-11H2,1-3H3,(H2,19,20,22). The fourth-order valence-electron chi connectivity index (χ4n) is 3.24. The highest BCUT2D eigenvalue weighted by molar-refractivity contribution is 5.73. The number of morpholine rings is 1. The molecule has 1 aromatic carbocycles. The number of nitrogens with one attached hydrogen (secondary N) is 2. The highest BCUT2D eigenvalue weighted by atomic mass is 16.7. The molecule has 2 aliphatic heterocycles. The van der Waals surface area contributed by atoms with E-state index in [1.807, 2.05) is 18.2 Å². The Kier molecular flexibility index (Phi) is 5.65. The summed E-state index contributed by atoms with van der Waals surface area (Å²) in [4.78, 5) is 14.4. The van der Waals surface area contributed by atoms with Crippen LogP contribution in [0.3, 0.4) is 0 Å². The zero-order valence-corrected chi connectivity index (χ0v) is 15.1. The molecule has 3 rings (SSSR count). The molecule has 3 unspecified atom stereocenters. The molecule has 0 saturated carbocycles. The molecule has 0 bridgehead atoms. The Morgan fingerprint density at radius 2 is 1.92 bits per heavy atom. The van der Waals surface area contributed by atoms with Crippen molar-refractivity contribution in [2.45, 2.75) is 45.6 Å². The molecule has 3 atom stereocenters. The average molecular weight is 349 g/mol. The quantitative estimate of drug-likeness (QED) is 0.847. The molecule has 138 valence electrons. The molecule has 1 fully saturated rings. The molecule has 0 radical (unpaired) electrons. The summed E-state index contributed by atoms with van der Waals surface area (Å²) in [6.45, 7) is 9.39. The number of amides is 2. The first-order valence-electron chi connectivity index (χ1n) is 8.81. The van der Waals surface area contributed by atoms with E-state index in [2.05, 4.69) is 36.3 Å². The monoisotopic (exact) mass is 349 g/mol. The molecule has 1 aromatic rings. The minimum absolute atomic E-state index is 0.168. The summed E-state index contributed by atoms with van der Waals surface area (Å²) in [5.74, 6) is 1.47. The van der Waals surface area contributed by atoms with Gasteiger partial charge < -0.3 is 24.8 Å². The Morgan fingerprint density at radius 1 is 1.20 bits per heavy atom. The van der Waals surface area contributed by atoms with Crippen molar-refractivity contribution in [3.05, 3.63) is 23.8 Å². The molecule has 7 heteroatoms. The highest BCUT2D eigenvalue weighted by Gasteiger charge is 2.25. The van der Waals surface area contributed by atoms with Crippen LogP contribution in [0.4, 0.5) is 4.79 Å². The lowest BCUT2D eigenvalue weighted by molar-refractivity contribution is -0.0778. The number of nitrogens with zero attached hydrogens (tertiary/aromatic N) is 1. The molecule has 0 aliphatic carbocycles. The summed E-state index contributed by atoms with van der Waals surface area (Å²) < 4.78 is 16.4. The Balaban J connectivity index is 1.40. The minimum atomic E-state index is -0.168. The highest BCUT2D eigenvalue weighted by Crippen LogP contribution is 2.32. The van der Waals surface area contributed by atoms with Crippen LogP contribution in [0.5, 0.6) is 11.5 Å². The van der Waals surface area contributed by atoms with Crippen molar-refractivity contribution in [3.63, 3.8) is 0 Å². The van der Waals surface area contributed by atoms with Crippen LogP contribution in [0, 0.1) is 0 Å². The maximum Gasteiger partial charge on any atom is 0.315 e. The van der Waals surface area contributed by atoms with Crippen LogP contribution in [-0.4, -0.2) is 55.6 Å². The summed E-state index contributed by atoms with van der Waals surface area (Å²) >= 11 is 0. The Hall–Kier alpha value is -1.99. The lowest BCUT2D eigenvalue weighted by Gasteiger charge is -2.38. The van der Waals surface area contributed by atoms with Gasteiger partial charge in [-0.05, 0) is 38.5 Å².